The van der Waals surface area contributed by atoms with Crippen LogP contribution < -0.4 is 15.4 Å². The summed E-state index contributed by atoms with van der Waals surface area (Å²) in [6, 6.07) is 9.09. The van der Waals surface area contributed by atoms with E-state index in [1.54, 1.807) is 18.2 Å². The first-order valence-electron chi connectivity index (χ1n) is 7.98. The van der Waals surface area contributed by atoms with E-state index in [1.807, 2.05) is 32.9 Å². The monoisotopic (exact) mass is 438 g/mol. The molecule has 0 spiro atoms. The Morgan fingerprint density at radius 2 is 1.73 bits per heavy atom. The minimum atomic E-state index is -0.406. The van der Waals surface area contributed by atoms with Crippen molar-refractivity contribution in [3.63, 3.8) is 0 Å². The molecule has 2 aromatic rings. The molecule has 0 saturated heterocycles. The van der Waals surface area contributed by atoms with E-state index in [0.29, 0.717) is 10.8 Å². The number of aryl methyl sites for hydroxylation is 3. The second kappa shape index (κ2) is 9.05. The average Bonchev–Trinajstić information content (AvgIpc) is 2.55. The molecule has 0 unspecified atom stereocenters. The van der Waals surface area contributed by atoms with Crippen LogP contribution >= 0.6 is 27.5 Å². The molecule has 0 bridgehead atoms. The standard InChI is InChI=1S/C19H20BrClN2O3/c1-11-6-12(2)19(13(3)7-11)23-17(24)9-22-18(25)10-26-16-5-4-14(20)8-15(16)21/h4-8H,9-10H2,1-3H3,(H,22,25)(H,23,24). The molecule has 0 aliphatic carbocycles. The van der Waals surface area contributed by atoms with E-state index >= 15 is 0 Å². The Hall–Kier alpha value is -2.05. The fourth-order valence-electron chi connectivity index (χ4n) is 2.53. The highest BCUT2D eigenvalue weighted by atomic mass is 79.9. The predicted octanol–water partition coefficient (Wildman–Crippen LogP) is 4.16. The molecule has 2 aromatic carbocycles. The number of hydrogen-bond donors (Lipinski definition) is 2. The lowest BCUT2D eigenvalue weighted by atomic mass is 10.1. The van der Waals surface area contributed by atoms with Gasteiger partial charge >= 0.3 is 0 Å². The van der Waals surface area contributed by atoms with Gasteiger partial charge in [-0.3, -0.25) is 9.59 Å². The molecule has 0 aromatic heterocycles. The highest BCUT2D eigenvalue weighted by molar-refractivity contribution is 9.10. The predicted molar refractivity (Wildman–Crippen MR) is 107 cm³/mol. The number of rotatable bonds is 6. The van der Waals surface area contributed by atoms with E-state index in [0.717, 1.165) is 26.9 Å². The lowest BCUT2D eigenvalue weighted by Crippen LogP contribution is -2.36. The molecule has 0 aliphatic heterocycles. The van der Waals surface area contributed by atoms with Gasteiger partial charge in [0.05, 0.1) is 11.6 Å². The van der Waals surface area contributed by atoms with Gasteiger partial charge in [0, 0.05) is 10.2 Å². The SMILES string of the molecule is Cc1cc(C)c(NC(=O)CNC(=O)COc2ccc(Br)cc2Cl)c(C)c1. The molecule has 0 saturated carbocycles. The second-order valence-electron chi connectivity index (χ2n) is 5.96. The number of halogens is 2. The van der Waals surface area contributed by atoms with Gasteiger partial charge < -0.3 is 15.4 Å². The third-order valence-corrected chi connectivity index (χ3v) is 4.43. The van der Waals surface area contributed by atoms with Crippen LogP contribution in [-0.4, -0.2) is 25.0 Å². The largest absolute Gasteiger partial charge is 0.482 e. The zero-order valence-electron chi connectivity index (χ0n) is 14.8. The van der Waals surface area contributed by atoms with Crippen molar-refractivity contribution in [1.82, 2.24) is 5.32 Å². The summed E-state index contributed by atoms with van der Waals surface area (Å²) in [5.41, 5.74) is 3.87. The summed E-state index contributed by atoms with van der Waals surface area (Å²) in [5, 5.41) is 5.75. The zero-order valence-corrected chi connectivity index (χ0v) is 17.1. The van der Waals surface area contributed by atoms with Crippen molar-refractivity contribution in [2.75, 3.05) is 18.5 Å². The van der Waals surface area contributed by atoms with E-state index in [9.17, 15) is 9.59 Å². The highest BCUT2D eigenvalue weighted by Gasteiger charge is 2.11. The molecule has 0 heterocycles. The number of anilines is 1. The van der Waals surface area contributed by atoms with Crippen molar-refractivity contribution in [2.45, 2.75) is 20.8 Å². The third kappa shape index (κ3) is 5.75. The van der Waals surface area contributed by atoms with Gasteiger partial charge in [-0.1, -0.05) is 45.2 Å². The van der Waals surface area contributed by atoms with Crippen LogP contribution in [-0.2, 0) is 9.59 Å². The Bertz CT molecular complexity index is 817. The summed E-state index contributed by atoms with van der Waals surface area (Å²) in [4.78, 5) is 23.9. The van der Waals surface area contributed by atoms with Crippen molar-refractivity contribution in [1.29, 1.82) is 0 Å². The Kier molecular flexibility index (Phi) is 7.06. The van der Waals surface area contributed by atoms with Crippen LogP contribution in [0.4, 0.5) is 5.69 Å². The summed E-state index contributed by atoms with van der Waals surface area (Å²) >= 11 is 9.32. The molecule has 0 atom stereocenters. The Labute approximate surface area is 166 Å². The van der Waals surface area contributed by atoms with Gasteiger partial charge in [0.25, 0.3) is 5.91 Å². The number of carbonyl (C=O) groups is 2. The van der Waals surface area contributed by atoms with Crippen molar-refractivity contribution in [3.05, 3.63) is 56.5 Å². The van der Waals surface area contributed by atoms with E-state index in [1.165, 1.54) is 0 Å². The molecule has 26 heavy (non-hydrogen) atoms. The Balaban J connectivity index is 1.83. The maximum atomic E-state index is 12.1. The lowest BCUT2D eigenvalue weighted by Gasteiger charge is -2.13. The zero-order chi connectivity index (χ0) is 19.3. The van der Waals surface area contributed by atoms with Crippen LogP contribution in [0.1, 0.15) is 16.7 Å². The molecular weight excluding hydrogens is 420 g/mol. The minimum Gasteiger partial charge on any atom is -0.482 e. The fourth-order valence-corrected chi connectivity index (χ4v) is 3.25. The smallest absolute Gasteiger partial charge is 0.258 e. The summed E-state index contributed by atoms with van der Waals surface area (Å²) in [5.74, 6) is -0.299. The number of benzene rings is 2. The molecule has 7 heteroatoms. The van der Waals surface area contributed by atoms with Crippen LogP contribution in [0.25, 0.3) is 0 Å². The van der Waals surface area contributed by atoms with Gasteiger partial charge in [-0.15, -0.1) is 0 Å². The topological polar surface area (TPSA) is 67.4 Å². The van der Waals surface area contributed by atoms with Crippen LogP contribution in [0.3, 0.4) is 0 Å². The Morgan fingerprint density at radius 3 is 2.35 bits per heavy atom. The van der Waals surface area contributed by atoms with E-state index in [2.05, 4.69) is 26.6 Å². The molecule has 2 N–H and O–H groups in total. The minimum absolute atomic E-state index is 0.136. The molecule has 2 amide bonds. The summed E-state index contributed by atoms with van der Waals surface area (Å²) in [6.45, 7) is 5.51. The fraction of sp³-hybridized carbons (Fsp3) is 0.263. The molecule has 0 fully saturated rings. The van der Waals surface area contributed by atoms with E-state index in [4.69, 9.17) is 16.3 Å². The highest BCUT2D eigenvalue weighted by Crippen LogP contribution is 2.27. The molecule has 5 nitrogen and oxygen atoms in total. The molecule has 0 aliphatic rings. The van der Waals surface area contributed by atoms with Gasteiger partial charge in [0.2, 0.25) is 5.91 Å². The first-order chi connectivity index (χ1) is 12.3. The molecule has 138 valence electrons. The number of amides is 2. The van der Waals surface area contributed by atoms with Gasteiger partial charge in [0.15, 0.2) is 6.61 Å². The number of hydrogen-bond acceptors (Lipinski definition) is 3. The van der Waals surface area contributed by atoms with Gasteiger partial charge in [0.1, 0.15) is 5.75 Å². The van der Waals surface area contributed by atoms with Gasteiger partial charge in [-0.2, -0.15) is 0 Å². The van der Waals surface area contributed by atoms with Crippen LogP contribution in [0.15, 0.2) is 34.8 Å². The van der Waals surface area contributed by atoms with Crippen molar-refractivity contribution < 1.29 is 14.3 Å². The summed E-state index contributed by atoms with van der Waals surface area (Å²) in [6.07, 6.45) is 0. The first kappa shape index (κ1) is 20.3. The number of ether oxygens (including phenoxy) is 1. The van der Waals surface area contributed by atoms with Gasteiger partial charge in [-0.05, 0) is 50.1 Å². The number of nitrogens with one attached hydrogen (secondary N) is 2. The molecule has 2 rings (SSSR count). The van der Waals surface area contributed by atoms with E-state index in [-0.39, 0.29) is 19.1 Å². The summed E-state index contributed by atoms with van der Waals surface area (Å²) < 4.78 is 6.18. The lowest BCUT2D eigenvalue weighted by molar-refractivity contribution is -0.125. The third-order valence-electron chi connectivity index (χ3n) is 3.64. The van der Waals surface area contributed by atoms with Crippen molar-refractivity contribution in [2.24, 2.45) is 0 Å². The molecular formula is C19H20BrClN2O3. The second-order valence-corrected chi connectivity index (χ2v) is 7.28. The first-order valence-corrected chi connectivity index (χ1v) is 9.15. The Morgan fingerprint density at radius 1 is 1.08 bits per heavy atom. The number of carbonyl (C=O) groups excluding carboxylic acids is 2. The normalized spacial score (nSPS) is 10.3. The van der Waals surface area contributed by atoms with Crippen LogP contribution in [0.5, 0.6) is 5.75 Å². The van der Waals surface area contributed by atoms with Crippen LogP contribution in [0.2, 0.25) is 5.02 Å². The summed E-state index contributed by atoms with van der Waals surface area (Å²) in [7, 11) is 0. The van der Waals surface area contributed by atoms with Gasteiger partial charge in [-0.25, -0.2) is 0 Å². The maximum absolute atomic E-state index is 12.1. The maximum Gasteiger partial charge on any atom is 0.258 e. The van der Waals surface area contributed by atoms with Crippen molar-refractivity contribution >= 4 is 45.0 Å². The molecule has 0 radical (unpaired) electrons. The van der Waals surface area contributed by atoms with Crippen molar-refractivity contribution in [3.8, 4) is 5.75 Å². The quantitative estimate of drug-likeness (QED) is 0.710. The van der Waals surface area contributed by atoms with E-state index < -0.39 is 5.91 Å². The van der Waals surface area contributed by atoms with Crippen LogP contribution in [0, 0.1) is 20.8 Å². The average molecular weight is 440 g/mol.